The first-order valence-electron chi connectivity index (χ1n) is 6.57. The SMILES string of the molecule is CC(C)CN(C)c1ccccc1CC(S)COC=O. The molecule has 0 aliphatic heterocycles. The van der Waals surface area contributed by atoms with Crippen LogP contribution in [0.4, 0.5) is 5.69 Å². The number of para-hydroxylation sites is 1. The second kappa shape index (κ2) is 8.10. The monoisotopic (exact) mass is 281 g/mol. The van der Waals surface area contributed by atoms with Gasteiger partial charge in [0.2, 0.25) is 0 Å². The topological polar surface area (TPSA) is 29.5 Å². The van der Waals surface area contributed by atoms with Gasteiger partial charge in [0.25, 0.3) is 6.47 Å². The number of hydrogen-bond donors (Lipinski definition) is 1. The molecular weight excluding hydrogens is 258 g/mol. The van der Waals surface area contributed by atoms with E-state index < -0.39 is 0 Å². The lowest BCUT2D eigenvalue weighted by molar-refractivity contribution is -0.128. The van der Waals surface area contributed by atoms with Gasteiger partial charge in [0.1, 0.15) is 6.61 Å². The van der Waals surface area contributed by atoms with E-state index in [2.05, 4.69) is 50.6 Å². The third kappa shape index (κ3) is 5.55. The fraction of sp³-hybridized carbons (Fsp3) is 0.533. The minimum absolute atomic E-state index is 0.0267. The van der Waals surface area contributed by atoms with E-state index in [1.165, 1.54) is 11.3 Å². The maximum atomic E-state index is 10.2. The van der Waals surface area contributed by atoms with E-state index in [1.54, 1.807) is 0 Å². The summed E-state index contributed by atoms with van der Waals surface area (Å²) in [6.45, 7) is 6.24. The zero-order chi connectivity index (χ0) is 14.3. The van der Waals surface area contributed by atoms with Crippen molar-refractivity contribution in [2.75, 3.05) is 25.1 Å². The number of hydrogen-bond acceptors (Lipinski definition) is 4. The molecule has 0 fully saturated rings. The molecule has 0 bridgehead atoms. The maximum Gasteiger partial charge on any atom is 0.293 e. The first-order chi connectivity index (χ1) is 9.04. The van der Waals surface area contributed by atoms with Crippen LogP contribution in [0.3, 0.4) is 0 Å². The van der Waals surface area contributed by atoms with Crippen molar-refractivity contribution in [2.45, 2.75) is 25.5 Å². The minimum Gasteiger partial charge on any atom is -0.467 e. The molecule has 4 heteroatoms. The first kappa shape index (κ1) is 15.9. The van der Waals surface area contributed by atoms with Crippen molar-refractivity contribution in [3.05, 3.63) is 29.8 Å². The number of carbonyl (C=O) groups is 1. The van der Waals surface area contributed by atoms with E-state index in [-0.39, 0.29) is 5.25 Å². The first-order valence-corrected chi connectivity index (χ1v) is 7.08. The number of carbonyl (C=O) groups excluding carboxylic acids is 1. The summed E-state index contributed by atoms with van der Waals surface area (Å²) in [4.78, 5) is 12.5. The lowest BCUT2D eigenvalue weighted by Crippen LogP contribution is -2.24. The normalized spacial score (nSPS) is 12.3. The minimum atomic E-state index is 0.0267. The van der Waals surface area contributed by atoms with Gasteiger partial charge in [-0.3, -0.25) is 4.79 Å². The molecule has 1 aromatic carbocycles. The average Bonchev–Trinajstić information content (AvgIpc) is 2.36. The fourth-order valence-electron chi connectivity index (χ4n) is 2.17. The molecule has 0 radical (unpaired) electrons. The van der Waals surface area contributed by atoms with Crippen molar-refractivity contribution in [2.24, 2.45) is 5.92 Å². The van der Waals surface area contributed by atoms with Crippen LogP contribution in [-0.4, -0.2) is 31.9 Å². The van der Waals surface area contributed by atoms with Gasteiger partial charge in [0.05, 0.1) is 0 Å². The largest absolute Gasteiger partial charge is 0.467 e. The summed E-state index contributed by atoms with van der Waals surface area (Å²) in [6, 6.07) is 8.31. The molecule has 0 heterocycles. The maximum absolute atomic E-state index is 10.2. The lowest BCUT2D eigenvalue weighted by Gasteiger charge is -2.25. The summed E-state index contributed by atoms with van der Waals surface area (Å²) >= 11 is 4.46. The van der Waals surface area contributed by atoms with E-state index in [0.29, 0.717) is 19.0 Å². The average molecular weight is 281 g/mol. The summed E-state index contributed by atoms with van der Waals surface area (Å²) in [6.07, 6.45) is 0.787. The fourth-order valence-corrected chi connectivity index (χ4v) is 2.45. The summed E-state index contributed by atoms with van der Waals surface area (Å²) in [5, 5.41) is 0.0267. The van der Waals surface area contributed by atoms with Crippen molar-refractivity contribution in [1.29, 1.82) is 0 Å². The van der Waals surface area contributed by atoms with Crippen molar-refractivity contribution < 1.29 is 9.53 Å². The van der Waals surface area contributed by atoms with Gasteiger partial charge < -0.3 is 9.64 Å². The van der Waals surface area contributed by atoms with Crippen LogP contribution in [0.1, 0.15) is 19.4 Å². The molecule has 106 valence electrons. The van der Waals surface area contributed by atoms with E-state index in [1.807, 2.05) is 12.1 Å². The van der Waals surface area contributed by atoms with E-state index in [9.17, 15) is 4.79 Å². The van der Waals surface area contributed by atoms with Gasteiger partial charge in [0, 0.05) is 24.5 Å². The van der Waals surface area contributed by atoms with Crippen LogP contribution in [0.5, 0.6) is 0 Å². The second-order valence-corrected chi connectivity index (χ2v) is 5.92. The Bertz CT molecular complexity index is 395. The van der Waals surface area contributed by atoms with Gasteiger partial charge in [-0.1, -0.05) is 32.0 Å². The Labute approximate surface area is 121 Å². The van der Waals surface area contributed by atoms with Gasteiger partial charge in [-0.15, -0.1) is 0 Å². The van der Waals surface area contributed by atoms with Crippen LogP contribution in [-0.2, 0) is 16.0 Å². The highest BCUT2D eigenvalue weighted by atomic mass is 32.1. The van der Waals surface area contributed by atoms with E-state index >= 15 is 0 Å². The summed E-state index contributed by atoms with van der Waals surface area (Å²) < 4.78 is 4.76. The smallest absolute Gasteiger partial charge is 0.293 e. The highest BCUT2D eigenvalue weighted by Crippen LogP contribution is 2.22. The Morgan fingerprint density at radius 3 is 2.68 bits per heavy atom. The Hall–Kier alpha value is -1.16. The molecule has 19 heavy (non-hydrogen) atoms. The van der Waals surface area contributed by atoms with Crippen LogP contribution in [0.15, 0.2) is 24.3 Å². The zero-order valence-corrected chi connectivity index (χ0v) is 12.8. The Kier molecular flexibility index (Phi) is 6.78. The predicted molar refractivity (Wildman–Crippen MR) is 83.0 cm³/mol. The molecule has 0 saturated heterocycles. The summed E-state index contributed by atoms with van der Waals surface area (Å²) in [7, 11) is 2.11. The zero-order valence-electron chi connectivity index (χ0n) is 11.9. The number of anilines is 1. The number of ether oxygens (including phenoxy) is 1. The molecule has 0 amide bonds. The molecule has 1 unspecified atom stereocenters. The Balaban J connectivity index is 2.74. The van der Waals surface area contributed by atoms with Crippen molar-refractivity contribution in [3.8, 4) is 0 Å². The predicted octanol–water partition coefficient (Wildman–Crippen LogP) is 2.79. The molecule has 1 atom stereocenters. The molecule has 1 rings (SSSR count). The third-order valence-electron chi connectivity index (χ3n) is 2.85. The molecule has 0 N–H and O–H groups in total. The van der Waals surface area contributed by atoms with Crippen LogP contribution >= 0.6 is 12.6 Å². The highest BCUT2D eigenvalue weighted by molar-refractivity contribution is 7.81. The number of benzene rings is 1. The van der Waals surface area contributed by atoms with Crippen LogP contribution in [0, 0.1) is 5.92 Å². The van der Waals surface area contributed by atoms with Crippen molar-refractivity contribution in [1.82, 2.24) is 0 Å². The molecule has 0 aliphatic carbocycles. The third-order valence-corrected chi connectivity index (χ3v) is 3.19. The van der Waals surface area contributed by atoms with Crippen LogP contribution in [0.25, 0.3) is 0 Å². The quantitative estimate of drug-likeness (QED) is 0.587. The Morgan fingerprint density at radius 2 is 2.05 bits per heavy atom. The van der Waals surface area contributed by atoms with Gasteiger partial charge in [-0.2, -0.15) is 12.6 Å². The van der Waals surface area contributed by atoms with Crippen LogP contribution < -0.4 is 4.90 Å². The van der Waals surface area contributed by atoms with E-state index in [4.69, 9.17) is 4.74 Å². The van der Waals surface area contributed by atoms with Gasteiger partial charge in [0.15, 0.2) is 0 Å². The number of rotatable bonds is 8. The van der Waals surface area contributed by atoms with Gasteiger partial charge >= 0.3 is 0 Å². The number of thiol groups is 1. The molecular formula is C15H23NO2S. The van der Waals surface area contributed by atoms with Gasteiger partial charge in [-0.05, 0) is 24.0 Å². The molecule has 0 aromatic heterocycles. The molecule has 0 spiro atoms. The standard InChI is InChI=1S/C15H23NO2S/c1-12(2)9-16(3)15-7-5-4-6-13(15)8-14(19)10-18-11-17/h4-7,11-12,14,19H,8-10H2,1-3H3. The van der Waals surface area contributed by atoms with Gasteiger partial charge in [-0.25, -0.2) is 0 Å². The summed E-state index contributed by atoms with van der Waals surface area (Å²) in [5.41, 5.74) is 2.46. The van der Waals surface area contributed by atoms with Crippen molar-refractivity contribution in [3.63, 3.8) is 0 Å². The molecule has 0 saturated carbocycles. The lowest BCUT2D eigenvalue weighted by atomic mass is 10.1. The Morgan fingerprint density at radius 1 is 1.37 bits per heavy atom. The van der Waals surface area contributed by atoms with Crippen molar-refractivity contribution >= 4 is 24.8 Å². The molecule has 3 nitrogen and oxygen atoms in total. The highest BCUT2D eigenvalue weighted by Gasteiger charge is 2.12. The van der Waals surface area contributed by atoms with Crippen LogP contribution in [0.2, 0.25) is 0 Å². The number of nitrogens with zero attached hydrogens (tertiary/aromatic N) is 1. The molecule has 1 aromatic rings. The van der Waals surface area contributed by atoms with E-state index in [0.717, 1.165) is 13.0 Å². The summed E-state index contributed by atoms with van der Waals surface area (Å²) in [5.74, 6) is 0.614. The second-order valence-electron chi connectivity index (χ2n) is 5.19. The molecule has 0 aliphatic rings.